The number of carbonyl (C=O) groups is 1. The van der Waals surface area contributed by atoms with Gasteiger partial charge < -0.3 is 14.8 Å². The van der Waals surface area contributed by atoms with E-state index in [0.717, 1.165) is 5.56 Å². The lowest BCUT2D eigenvalue weighted by Crippen LogP contribution is -2.40. The highest BCUT2D eigenvalue weighted by Crippen LogP contribution is 2.36. The van der Waals surface area contributed by atoms with Crippen LogP contribution in [-0.4, -0.2) is 55.0 Å². The molecule has 30 heavy (non-hydrogen) atoms. The molecule has 4 rings (SSSR count). The van der Waals surface area contributed by atoms with Crippen molar-refractivity contribution < 1.29 is 23.1 Å². The van der Waals surface area contributed by atoms with Gasteiger partial charge in [0.1, 0.15) is 0 Å². The van der Waals surface area contributed by atoms with Crippen molar-refractivity contribution in [2.75, 3.05) is 26.3 Å². The second-order valence-corrected chi connectivity index (χ2v) is 8.81. The topological polar surface area (TPSA) is 124 Å². The number of carbonyl (C=O) groups excluding carboxylic acids is 1. The predicted octanol–water partition coefficient (Wildman–Crippen LogP) is 3.13. The van der Waals surface area contributed by atoms with E-state index in [9.17, 15) is 18.3 Å². The fourth-order valence-corrected chi connectivity index (χ4v) is 4.77. The molecule has 1 amide bonds. The average Bonchev–Trinajstić information content (AvgIpc) is 3.09. The van der Waals surface area contributed by atoms with Crippen LogP contribution in [0.2, 0.25) is 0 Å². The summed E-state index contributed by atoms with van der Waals surface area (Å²) >= 11 is 0. The number of hydrogen-bond acceptors (Lipinski definition) is 6. The minimum atomic E-state index is -3.73. The van der Waals surface area contributed by atoms with E-state index in [2.05, 4.69) is 15.2 Å². The van der Waals surface area contributed by atoms with Crippen molar-refractivity contribution in [1.29, 1.82) is 0 Å². The number of aromatic amines is 1. The molecule has 2 heterocycles. The maximum atomic E-state index is 12.8. The Hall–Kier alpha value is -3.08. The zero-order valence-corrected chi connectivity index (χ0v) is 17.0. The summed E-state index contributed by atoms with van der Waals surface area (Å²) in [5.74, 6) is -0.907. The van der Waals surface area contributed by atoms with Crippen LogP contribution in [0.3, 0.4) is 0 Å². The van der Waals surface area contributed by atoms with Gasteiger partial charge in [0, 0.05) is 24.0 Å². The maximum Gasteiger partial charge on any atom is 0.295 e. The Morgan fingerprint density at radius 3 is 2.67 bits per heavy atom. The number of fused-ring (bicyclic) bond motifs is 1. The summed E-state index contributed by atoms with van der Waals surface area (Å²) in [7, 11) is -3.73. The highest BCUT2D eigenvalue weighted by atomic mass is 32.2. The summed E-state index contributed by atoms with van der Waals surface area (Å²) < 4.78 is 32.1. The maximum absolute atomic E-state index is 12.8. The molecule has 1 aliphatic rings. The molecule has 3 aromatic rings. The lowest BCUT2D eigenvalue weighted by Gasteiger charge is -2.26. The van der Waals surface area contributed by atoms with E-state index in [4.69, 9.17) is 4.74 Å². The Bertz CT molecular complexity index is 1240. The molecule has 0 saturated carbocycles. The summed E-state index contributed by atoms with van der Waals surface area (Å²) in [4.78, 5) is 15.4. The van der Waals surface area contributed by atoms with Crippen LogP contribution in [0.15, 0.2) is 57.6 Å². The third kappa shape index (κ3) is 3.72. The van der Waals surface area contributed by atoms with Crippen LogP contribution in [0.25, 0.3) is 10.9 Å². The molecule has 0 spiro atoms. The second kappa shape index (κ2) is 7.98. The van der Waals surface area contributed by atoms with Crippen LogP contribution >= 0.6 is 0 Å². The number of amides is 1. The summed E-state index contributed by atoms with van der Waals surface area (Å²) in [5.41, 5.74) is 1.86. The van der Waals surface area contributed by atoms with Gasteiger partial charge in [0.15, 0.2) is 5.69 Å². The smallest absolute Gasteiger partial charge is 0.295 e. The van der Waals surface area contributed by atoms with Gasteiger partial charge in [-0.05, 0) is 30.7 Å². The number of sulfonamides is 1. The van der Waals surface area contributed by atoms with Gasteiger partial charge in [0.05, 0.1) is 23.6 Å². The number of nitrogens with one attached hydrogen (secondary N) is 1. The van der Waals surface area contributed by atoms with E-state index in [1.165, 1.54) is 28.6 Å². The lowest BCUT2D eigenvalue weighted by atomic mass is 10.1. The Morgan fingerprint density at radius 1 is 1.17 bits per heavy atom. The first-order valence-corrected chi connectivity index (χ1v) is 10.8. The molecular formula is C20H20N4O5S. The zero-order chi connectivity index (χ0) is 21.3. The quantitative estimate of drug-likeness (QED) is 0.618. The Kier molecular flexibility index (Phi) is 5.37. The minimum absolute atomic E-state index is 0.0102. The molecule has 0 atom stereocenters. The predicted molar refractivity (Wildman–Crippen MR) is 110 cm³/mol. The number of rotatable bonds is 4. The third-order valence-corrected chi connectivity index (χ3v) is 6.82. The van der Waals surface area contributed by atoms with E-state index < -0.39 is 15.9 Å². The molecule has 1 saturated heterocycles. The lowest BCUT2D eigenvalue weighted by molar-refractivity contribution is 0.0730. The van der Waals surface area contributed by atoms with Crippen molar-refractivity contribution in [3.8, 4) is 5.88 Å². The number of benzene rings is 2. The molecule has 9 nitrogen and oxygen atoms in total. The zero-order valence-electron chi connectivity index (χ0n) is 16.2. The van der Waals surface area contributed by atoms with Crippen LogP contribution in [0.4, 0.5) is 5.69 Å². The number of H-pyrrole nitrogens is 1. The van der Waals surface area contributed by atoms with Crippen LogP contribution in [0.1, 0.15) is 15.9 Å². The molecule has 156 valence electrons. The first-order valence-electron chi connectivity index (χ1n) is 9.32. The Morgan fingerprint density at radius 2 is 1.90 bits per heavy atom. The summed E-state index contributed by atoms with van der Waals surface area (Å²) in [6, 6.07) is 11.1. The van der Waals surface area contributed by atoms with E-state index in [-0.39, 0.29) is 35.1 Å². The SMILES string of the molecule is Cc1cccc2c(N=NC(=O)c3cccc(S(=O)(=O)N4CCOCC4)c3)c(O)[nH]c12. The number of nitrogens with zero attached hydrogens (tertiary/aromatic N) is 3. The molecule has 1 aromatic heterocycles. The number of aromatic hydroxyl groups is 1. The first kappa shape index (κ1) is 20.2. The van der Waals surface area contributed by atoms with Crippen molar-refractivity contribution in [3.05, 3.63) is 53.6 Å². The van der Waals surface area contributed by atoms with Gasteiger partial charge in [-0.25, -0.2) is 8.42 Å². The summed E-state index contributed by atoms with van der Waals surface area (Å²) in [5, 5.41) is 18.4. The summed E-state index contributed by atoms with van der Waals surface area (Å²) in [6.07, 6.45) is 0. The van der Waals surface area contributed by atoms with Gasteiger partial charge >= 0.3 is 0 Å². The molecule has 0 radical (unpaired) electrons. The second-order valence-electron chi connectivity index (χ2n) is 6.87. The molecule has 10 heteroatoms. The summed E-state index contributed by atoms with van der Waals surface area (Å²) in [6.45, 7) is 3.07. The number of para-hydroxylation sites is 1. The normalized spacial score (nSPS) is 15.8. The van der Waals surface area contributed by atoms with E-state index >= 15 is 0 Å². The highest BCUT2D eigenvalue weighted by Gasteiger charge is 2.27. The van der Waals surface area contributed by atoms with E-state index in [0.29, 0.717) is 24.1 Å². The fraction of sp³-hybridized carbons (Fsp3) is 0.250. The molecular weight excluding hydrogens is 408 g/mol. The minimum Gasteiger partial charge on any atom is -0.493 e. The molecule has 0 bridgehead atoms. The molecule has 1 fully saturated rings. The van der Waals surface area contributed by atoms with Gasteiger partial charge in [-0.15, -0.1) is 10.2 Å². The number of aryl methyl sites for hydroxylation is 1. The van der Waals surface area contributed by atoms with Gasteiger partial charge in [-0.3, -0.25) is 4.79 Å². The highest BCUT2D eigenvalue weighted by molar-refractivity contribution is 7.89. The van der Waals surface area contributed by atoms with Crippen molar-refractivity contribution in [3.63, 3.8) is 0 Å². The molecule has 2 aromatic carbocycles. The van der Waals surface area contributed by atoms with Crippen LogP contribution in [0.5, 0.6) is 5.88 Å². The average molecular weight is 428 g/mol. The van der Waals surface area contributed by atoms with Gasteiger partial charge in [-0.1, -0.05) is 24.3 Å². The van der Waals surface area contributed by atoms with Crippen molar-refractivity contribution in [1.82, 2.24) is 9.29 Å². The molecule has 2 N–H and O–H groups in total. The van der Waals surface area contributed by atoms with Gasteiger partial charge in [-0.2, -0.15) is 4.31 Å². The van der Waals surface area contributed by atoms with E-state index in [1.54, 1.807) is 6.07 Å². The number of aromatic nitrogens is 1. The van der Waals surface area contributed by atoms with E-state index in [1.807, 2.05) is 19.1 Å². The fourth-order valence-electron chi connectivity index (χ4n) is 3.32. The number of azo groups is 1. The van der Waals surface area contributed by atoms with Crippen molar-refractivity contribution in [2.45, 2.75) is 11.8 Å². The number of ether oxygens (including phenoxy) is 1. The molecule has 0 aliphatic carbocycles. The monoisotopic (exact) mass is 428 g/mol. The first-order chi connectivity index (χ1) is 14.4. The Labute approximate surface area is 173 Å². The standard InChI is InChI=1S/C20H20N4O5S/c1-13-4-2-7-16-17(13)21-20(26)18(16)22-23-19(25)14-5-3-6-15(12-14)30(27,28)24-8-10-29-11-9-24/h2-7,12,21,26H,8-11H2,1H3. The van der Waals surface area contributed by atoms with Crippen molar-refractivity contribution in [2.24, 2.45) is 10.2 Å². The van der Waals surface area contributed by atoms with Gasteiger partial charge in [0.25, 0.3) is 5.91 Å². The van der Waals surface area contributed by atoms with Crippen LogP contribution in [-0.2, 0) is 14.8 Å². The third-order valence-electron chi connectivity index (χ3n) is 4.93. The Balaban J connectivity index is 1.61. The number of morpholine rings is 1. The number of hydrogen-bond donors (Lipinski definition) is 2. The molecule has 1 aliphatic heterocycles. The van der Waals surface area contributed by atoms with Crippen LogP contribution in [0, 0.1) is 6.92 Å². The largest absolute Gasteiger partial charge is 0.493 e. The molecule has 0 unspecified atom stereocenters. The van der Waals surface area contributed by atoms with Crippen LogP contribution < -0.4 is 0 Å². The van der Waals surface area contributed by atoms with Crippen molar-refractivity contribution >= 4 is 32.5 Å². The van der Waals surface area contributed by atoms with Gasteiger partial charge in [0.2, 0.25) is 15.9 Å².